The molecule has 2 N–H and O–H groups in total. The number of halogens is 1. The molecule has 0 bridgehead atoms. The van der Waals surface area contributed by atoms with Crippen molar-refractivity contribution in [1.82, 2.24) is 4.72 Å². The highest BCUT2D eigenvalue weighted by Gasteiger charge is 2.29. The zero-order chi connectivity index (χ0) is 15.3. The molecule has 1 aromatic rings. The number of hydrogen-bond acceptors (Lipinski definition) is 3. The highest BCUT2D eigenvalue weighted by atomic mass is 32.2. The molecular formula is C15H22FNO3S. The van der Waals surface area contributed by atoms with Crippen LogP contribution in [0.1, 0.15) is 44.1 Å². The molecule has 0 unspecified atom stereocenters. The number of benzene rings is 1. The second kappa shape index (κ2) is 6.85. The average molecular weight is 315 g/mol. The molecule has 1 fully saturated rings. The Balaban J connectivity index is 1.94. The van der Waals surface area contributed by atoms with Crippen molar-refractivity contribution in [2.24, 2.45) is 0 Å². The van der Waals surface area contributed by atoms with E-state index >= 15 is 0 Å². The fraction of sp³-hybridized carbons (Fsp3) is 0.600. The lowest BCUT2D eigenvalue weighted by Gasteiger charge is -2.26. The van der Waals surface area contributed by atoms with Crippen LogP contribution in [0.15, 0.2) is 24.3 Å². The van der Waals surface area contributed by atoms with Gasteiger partial charge in [-0.3, -0.25) is 0 Å². The number of nitrogens with one attached hydrogen (secondary N) is 1. The molecule has 0 aliphatic heterocycles. The SMILES string of the molecule is O=S(=O)(Cc1cccc(F)c1)NCC1(O)CCCCCC1. The Labute approximate surface area is 125 Å². The molecule has 0 saturated heterocycles. The van der Waals surface area contributed by atoms with Gasteiger partial charge in [-0.25, -0.2) is 17.5 Å². The van der Waals surface area contributed by atoms with Crippen LogP contribution in [-0.2, 0) is 15.8 Å². The van der Waals surface area contributed by atoms with Crippen molar-refractivity contribution >= 4 is 10.0 Å². The van der Waals surface area contributed by atoms with Crippen LogP contribution >= 0.6 is 0 Å². The zero-order valence-corrected chi connectivity index (χ0v) is 12.8. The van der Waals surface area contributed by atoms with Crippen LogP contribution in [0.25, 0.3) is 0 Å². The summed E-state index contributed by atoms with van der Waals surface area (Å²) in [6, 6.07) is 5.54. The van der Waals surface area contributed by atoms with E-state index in [2.05, 4.69) is 4.72 Å². The van der Waals surface area contributed by atoms with Gasteiger partial charge in [0.25, 0.3) is 0 Å². The van der Waals surface area contributed by atoms with E-state index in [-0.39, 0.29) is 12.3 Å². The zero-order valence-electron chi connectivity index (χ0n) is 12.0. The van der Waals surface area contributed by atoms with Crippen molar-refractivity contribution in [2.45, 2.75) is 49.9 Å². The Morgan fingerprint density at radius 2 is 1.86 bits per heavy atom. The molecule has 0 amide bonds. The van der Waals surface area contributed by atoms with Gasteiger partial charge in [0.05, 0.1) is 11.4 Å². The summed E-state index contributed by atoms with van der Waals surface area (Å²) >= 11 is 0. The first-order valence-electron chi connectivity index (χ1n) is 7.33. The van der Waals surface area contributed by atoms with Gasteiger partial charge in [-0.15, -0.1) is 0 Å². The van der Waals surface area contributed by atoms with E-state index in [0.29, 0.717) is 18.4 Å². The molecule has 0 aromatic heterocycles. The summed E-state index contributed by atoms with van der Waals surface area (Å²) < 4.78 is 39.6. The van der Waals surface area contributed by atoms with Crippen LogP contribution in [-0.4, -0.2) is 25.7 Å². The lowest BCUT2D eigenvalue weighted by molar-refractivity contribution is 0.0303. The third-order valence-corrected chi connectivity index (χ3v) is 5.20. The summed E-state index contributed by atoms with van der Waals surface area (Å²) in [6.07, 6.45) is 5.24. The standard InChI is InChI=1S/C15H22FNO3S/c16-14-7-5-6-13(10-14)11-21(19,20)17-12-15(18)8-3-1-2-4-9-15/h5-7,10,17-18H,1-4,8-9,11-12H2. The van der Waals surface area contributed by atoms with E-state index in [4.69, 9.17) is 0 Å². The molecule has 0 spiro atoms. The Bertz CT molecular complexity index is 566. The van der Waals surface area contributed by atoms with Gasteiger partial charge in [-0.05, 0) is 30.5 Å². The minimum Gasteiger partial charge on any atom is -0.389 e. The van der Waals surface area contributed by atoms with Crippen molar-refractivity contribution in [3.8, 4) is 0 Å². The lowest BCUT2D eigenvalue weighted by atomic mass is 9.95. The Hall–Kier alpha value is -0.980. The van der Waals surface area contributed by atoms with E-state index < -0.39 is 21.4 Å². The molecule has 2 rings (SSSR count). The van der Waals surface area contributed by atoms with E-state index in [9.17, 15) is 17.9 Å². The van der Waals surface area contributed by atoms with Gasteiger partial charge >= 0.3 is 0 Å². The van der Waals surface area contributed by atoms with Gasteiger partial charge < -0.3 is 5.11 Å². The van der Waals surface area contributed by atoms with Crippen LogP contribution in [0.2, 0.25) is 0 Å². The first kappa shape index (κ1) is 16.4. The van der Waals surface area contributed by atoms with E-state index in [1.807, 2.05) is 0 Å². The highest BCUT2D eigenvalue weighted by molar-refractivity contribution is 7.88. The molecule has 21 heavy (non-hydrogen) atoms. The van der Waals surface area contributed by atoms with Crippen LogP contribution < -0.4 is 4.72 Å². The van der Waals surface area contributed by atoms with Gasteiger partial charge in [0.15, 0.2) is 0 Å². The van der Waals surface area contributed by atoms with Crippen LogP contribution in [0.4, 0.5) is 4.39 Å². The van der Waals surface area contributed by atoms with Gasteiger partial charge in [0.1, 0.15) is 5.82 Å². The number of rotatable bonds is 5. The third-order valence-electron chi connectivity index (χ3n) is 3.90. The van der Waals surface area contributed by atoms with Gasteiger partial charge in [-0.2, -0.15) is 0 Å². The predicted octanol–water partition coefficient (Wildman–Crippen LogP) is 2.33. The van der Waals surface area contributed by atoms with Crippen LogP contribution in [0, 0.1) is 5.82 Å². The van der Waals surface area contributed by atoms with E-state index in [1.165, 1.54) is 18.2 Å². The molecule has 4 nitrogen and oxygen atoms in total. The van der Waals surface area contributed by atoms with E-state index in [1.54, 1.807) is 6.07 Å². The molecular weight excluding hydrogens is 293 g/mol. The quantitative estimate of drug-likeness (QED) is 0.820. The topological polar surface area (TPSA) is 66.4 Å². The van der Waals surface area contributed by atoms with Crippen molar-refractivity contribution < 1.29 is 17.9 Å². The molecule has 0 atom stereocenters. The predicted molar refractivity (Wildman–Crippen MR) is 79.7 cm³/mol. The Morgan fingerprint density at radius 3 is 2.48 bits per heavy atom. The summed E-state index contributed by atoms with van der Waals surface area (Å²) in [4.78, 5) is 0. The highest BCUT2D eigenvalue weighted by Crippen LogP contribution is 2.26. The third kappa shape index (κ3) is 5.37. The monoisotopic (exact) mass is 315 g/mol. The largest absolute Gasteiger partial charge is 0.389 e. The lowest BCUT2D eigenvalue weighted by Crippen LogP contribution is -2.42. The van der Waals surface area contributed by atoms with Crippen LogP contribution in [0.5, 0.6) is 0 Å². The maximum Gasteiger partial charge on any atom is 0.215 e. The Kier molecular flexibility index (Phi) is 5.35. The fourth-order valence-corrected chi connectivity index (χ4v) is 3.91. The smallest absolute Gasteiger partial charge is 0.215 e. The summed E-state index contributed by atoms with van der Waals surface area (Å²) in [5.74, 6) is -0.731. The average Bonchev–Trinajstić information content (AvgIpc) is 2.62. The van der Waals surface area contributed by atoms with Gasteiger partial charge in [0, 0.05) is 6.54 Å². The molecule has 0 radical (unpaired) electrons. The Morgan fingerprint density at radius 1 is 1.19 bits per heavy atom. The van der Waals surface area contributed by atoms with Gasteiger partial charge in [0.2, 0.25) is 10.0 Å². The first-order valence-corrected chi connectivity index (χ1v) is 8.98. The molecule has 1 saturated carbocycles. The van der Waals surface area contributed by atoms with E-state index in [0.717, 1.165) is 25.7 Å². The second-order valence-corrected chi connectivity index (χ2v) is 7.66. The normalized spacial score (nSPS) is 19.1. The molecule has 1 aliphatic carbocycles. The maximum absolute atomic E-state index is 13.1. The minimum atomic E-state index is -3.58. The van der Waals surface area contributed by atoms with Crippen molar-refractivity contribution in [2.75, 3.05) is 6.54 Å². The summed E-state index contributed by atoms with van der Waals surface area (Å²) in [5, 5.41) is 10.4. The summed E-state index contributed by atoms with van der Waals surface area (Å²) in [6.45, 7) is 0.0324. The van der Waals surface area contributed by atoms with Crippen molar-refractivity contribution in [3.63, 3.8) is 0 Å². The first-order chi connectivity index (χ1) is 9.89. The molecule has 6 heteroatoms. The number of aliphatic hydroxyl groups is 1. The fourth-order valence-electron chi connectivity index (χ4n) is 2.70. The number of hydrogen-bond donors (Lipinski definition) is 2. The second-order valence-electron chi connectivity index (χ2n) is 5.85. The molecule has 1 aromatic carbocycles. The van der Waals surface area contributed by atoms with Crippen molar-refractivity contribution in [1.29, 1.82) is 0 Å². The summed E-state index contributed by atoms with van der Waals surface area (Å²) in [7, 11) is -3.58. The van der Waals surface area contributed by atoms with Gasteiger partial charge in [-0.1, -0.05) is 37.8 Å². The molecule has 0 heterocycles. The summed E-state index contributed by atoms with van der Waals surface area (Å²) in [5.41, 5.74) is -0.554. The minimum absolute atomic E-state index is 0.0324. The maximum atomic E-state index is 13.1. The van der Waals surface area contributed by atoms with Crippen molar-refractivity contribution in [3.05, 3.63) is 35.6 Å². The number of sulfonamides is 1. The molecule has 1 aliphatic rings. The molecule has 118 valence electrons. The van der Waals surface area contributed by atoms with Crippen LogP contribution in [0.3, 0.4) is 0 Å².